The predicted molar refractivity (Wildman–Crippen MR) is 121 cm³/mol. The number of anilines is 1. The fourth-order valence-corrected chi connectivity index (χ4v) is 4.07. The van der Waals surface area contributed by atoms with Gasteiger partial charge in [-0.15, -0.1) is 0 Å². The number of halogens is 2. The van der Waals surface area contributed by atoms with Gasteiger partial charge < -0.3 is 14.5 Å². The van der Waals surface area contributed by atoms with Gasteiger partial charge >= 0.3 is 0 Å². The molecule has 1 N–H and O–H groups in total. The number of carbonyl (C=O) groups excluding carboxylic acids is 1. The first-order valence-electron chi connectivity index (χ1n) is 9.78. The Balaban J connectivity index is 1.53. The molecule has 0 aliphatic carbocycles. The molecule has 0 saturated heterocycles. The molecule has 0 saturated carbocycles. The summed E-state index contributed by atoms with van der Waals surface area (Å²) in [4.78, 5) is 13.1. The lowest BCUT2D eigenvalue weighted by Crippen LogP contribution is -2.14. The van der Waals surface area contributed by atoms with E-state index in [0.717, 1.165) is 16.4 Å². The van der Waals surface area contributed by atoms with Gasteiger partial charge in [-0.05, 0) is 43.3 Å². The van der Waals surface area contributed by atoms with Crippen LogP contribution in [0.1, 0.15) is 16.1 Å². The summed E-state index contributed by atoms with van der Waals surface area (Å²) in [5.41, 5.74) is 2.98. The van der Waals surface area contributed by atoms with Gasteiger partial charge in [0, 0.05) is 16.8 Å². The number of hydrogen-bond donors (Lipinski definition) is 1. The van der Waals surface area contributed by atoms with Gasteiger partial charge in [-0.2, -0.15) is 5.10 Å². The van der Waals surface area contributed by atoms with Gasteiger partial charge in [0.1, 0.15) is 33.4 Å². The Hall–Kier alpha value is -3.84. The molecule has 0 bridgehead atoms. The Bertz CT molecular complexity index is 1490. The van der Waals surface area contributed by atoms with Crippen LogP contribution in [0, 0.1) is 12.7 Å². The van der Waals surface area contributed by atoms with E-state index in [9.17, 15) is 9.18 Å². The van der Waals surface area contributed by atoms with E-state index >= 15 is 0 Å². The van der Waals surface area contributed by atoms with Gasteiger partial charge in [0.15, 0.2) is 0 Å². The van der Waals surface area contributed by atoms with E-state index in [1.807, 2.05) is 30.3 Å². The molecule has 2 aromatic heterocycles. The van der Waals surface area contributed by atoms with E-state index in [4.69, 9.17) is 20.8 Å². The summed E-state index contributed by atoms with van der Waals surface area (Å²) in [5.74, 6) is -0.341. The molecule has 0 aliphatic heterocycles. The number of para-hydroxylation sites is 1. The molecule has 8 heteroatoms. The van der Waals surface area contributed by atoms with Gasteiger partial charge in [-0.3, -0.25) is 4.79 Å². The van der Waals surface area contributed by atoms with Crippen LogP contribution >= 0.6 is 11.6 Å². The lowest BCUT2D eigenvalue weighted by atomic mass is 10.1. The Morgan fingerprint density at radius 1 is 1.09 bits per heavy atom. The smallest absolute Gasteiger partial charge is 0.260 e. The molecule has 0 spiro atoms. The molecule has 0 aliphatic rings. The molecule has 5 aromatic rings. The van der Waals surface area contributed by atoms with Crippen molar-refractivity contribution in [2.75, 3.05) is 12.4 Å². The van der Waals surface area contributed by atoms with Crippen molar-refractivity contribution in [3.8, 4) is 11.4 Å². The molecular weight excluding hydrogens is 433 g/mol. The molecule has 160 valence electrons. The molecule has 0 unspecified atom stereocenters. The first-order chi connectivity index (χ1) is 15.5. The molecule has 1 amide bonds. The second-order valence-corrected chi connectivity index (χ2v) is 7.60. The van der Waals surface area contributed by atoms with Crippen molar-refractivity contribution in [2.24, 2.45) is 0 Å². The largest absolute Gasteiger partial charge is 0.495 e. The van der Waals surface area contributed by atoms with Crippen LogP contribution in [0.2, 0.25) is 5.15 Å². The number of hydrogen-bond acceptors (Lipinski definition) is 4. The minimum atomic E-state index is -0.449. The zero-order valence-corrected chi connectivity index (χ0v) is 17.9. The van der Waals surface area contributed by atoms with Gasteiger partial charge in [0.05, 0.1) is 24.2 Å². The average molecular weight is 450 g/mol. The van der Waals surface area contributed by atoms with Crippen LogP contribution in [0.15, 0.2) is 65.1 Å². The van der Waals surface area contributed by atoms with Crippen LogP contribution in [0.25, 0.3) is 27.6 Å². The van der Waals surface area contributed by atoms with Crippen LogP contribution in [0.3, 0.4) is 0 Å². The van der Waals surface area contributed by atoms with Gasteiger partial charge in [0.2, 0.25) is 0 Å². The topological polar surface area (TPSA) is 69.3 Å². The van der Waals surface area contributed by atoms with Crippen molar-refractivity contribution >= 4 is 45.1 Å². The number of aromatic nitrogens is 2. The number of methoxy groups -OCH3 is 1. The van der Waals surface area contributed by atoms with E-state index < -0.39 is 5.91 Å². The highest BCUT2D eigenvalue weighted by atomic mass is 35.5. The lowest BCUT2D eigenvalue weighted by Gasteiger charge is -2.10. The Kier molecular flexibility index (Phi) is 4.83. The molecule has 6 nitrogen and oxygen atoms in total. The van der Waals surface area contributed by atoms with Crippen molar-refractivity contribution in [1.29, 1.82) is 0 Å². The molecule has 32 heavy (non-hydrogen) atoms. The average Bonchev–Trinajstić information content (AvgIpc) is 3.29. The number of amides is 1. The molecular formula is C24H17ClFN3O3. The highest BCUT2D eigenvalue weighted by molar-refractivity contribution is 6.34. The van der Waals surface area contributed by atoms with Crippen LogP contribution in [0.5, 0.6) is 5.75 Å². The number of nitrogens with one attached hydrogen (secondary N) is 1. The number of nitrogens with zero attached hydrogens (tertiary/aromatic N) is 2. The lowest BCUT2D eigenvalue weighted by molar-refractivity contribution is 0.102. The fraction of sp³-hybridized carbons (Fsp3) is 0.0833. The second kappa shape index (κ2) is 7.69. The maximum atomic E-state index is 13.3. The third-order valence-corrected chi connectivity index (χ3v) is 5.60. The van der Waals surface area contributed by atoms with Crippen molar-refractivity contribution in [1.82, 2.24) is 9.78 Å². The Morgan fingerprint density at radius 2 is 1.84 bits per heavy atom. The van der Waals surface area contributed by atoms with Gasteiger partial charge in [0.25, 0.3) is 5.91 Å². The first kappa shape index (κ1) is 20.1. The molecule has 5 rings (SSSR count). The molecule has 3 aromatic carbocycles. The number of furan rings is 1. The minimum absolute atomic E-state index is 0.121. The number of ether oxygens (including phenoxy) is 1. The van der Waals surface area contributed by atoms with E-state index in [1.165, 1.54) is 36.1 Å². The number of benzene rings is 3. The number of rotatable bonds is 4. The first-order valence-corrected chi connectivity index (χ1v) is 10.2. The van der Waals surface area contributed by atoms with E-state index in [-0.39, 0.29) is 16.5 Å². The quantitative estimate of drug-likeness (QED) is 0.358. The normalized spacial score (nSPS) is 11.2. The Morgan fingerprint density at radius 3 is 2.59 bits per heavy atom. The van der Waals surface area contributed by atoms with Crippen molar-refractivity contribution < 1.29 is 18.3 Å². The summed E-state index contributed by atoms with van der Waals surface area (Å²) in [6, 6.07) is 16.9. The van der Waals surface area contributed by atoms with Crippen LogP contribution < -0.4 is 10.1 Å². The number of fused-ring (bicyclic) bond motifs is 3. The zero-order chi connectivity index (χ0) is 22.4. The third kappa shape index (κ3) is 3.27. The zero-order valence-electron chi connectivity index (χ0n) is 17.1. The highest BCUT2D eigenvalue weighted by Crippen LogP contribution is 2.37. The maximum Gasteiger partial charge on any atom is 0.260 e. The third-order valence-electron chi connectivity index (χ3n) is 5.25. The number of carbonyl (C=O) groups is 1. The molecule has 2 heterocycles. The summed E-state index contributed by atoms with van der Waals surface area (Å²) in [7, 11) is 1.53. The number of aryl methyl sites for hydroxylation is 1. The van der Waals surface area contributed by atoms with E-state index in [1.54, 1.807) is 13.0 Å². The van der Waals surface area contributed by atoms with Gasteiger partial charge in [-0.1, -0.05) is 29.8 Å². The van der Waals surface area contributed by atoms with E-state index in [0.29, 0.717) is 28.4 Å². The summed E-state index contributed by atoms with van der Waals surface area (Å²) >= 11 is 6.48. The fourth-order valence-electron chi connectivity index (χ4n) is 3.71. The summed E-state index contributed by atoms with van der Waals surface area (Å²) in [6.45, 7) is 1.68. The monoisotopic (exact) mass is 449 g/mol. The Labute approximate surface area is 187 Å². The highest BCUT2D eigenvalue weighted by Gasteiger charge is 2.23. The van der Waals surface area contributed by atoms with Gasteiger partial charge in [-0.25, -0.2) is 9.07 Å². The standard InChI is InChI=1S/C24H17ClFN3O3/c1-13-22(23(25)29(28-13)15-9-7-14(26)8-10-15)24(30)27-18-12-20-17(11-21(18)31-2)16-5-3-4-6-19(16)32-20/h3-12H,1-2H3,(H,27,30). The van der Waals surface area contributed by atoms with Crippen LogP contribution in [-0.4, -0.2) is 22.8 Å². The predicted octanol–water partition coefficient (Wildman–Crippen LogP) is 6.13. The molecule has 0 radical (unpaired) electrons. The minimum Gasteiger partial charge on any atom is -0.495 e. The maximum absolute atomic E-state index is 13.3. The van der Waals surface area contributed by atoms with Crippen molar-refractivity contribution in [3.05, 3.63) is 82.9 Å². The second-order valence-electron chi connectivity index (χ2n) is 7.24. The van der Waals surface area contributed by atoms with Crippen LogP contribution in [0.4, 0.5) is 10.1 Å². The summed E-state index contributed by atoms with van der Waals surface area (Å²) < 4.78 is 26.1. The van der Waals surface area contributed by atoms with E-state index in [2.05, 4.69) is 10.4 Å². The van der Waals surface area contributed by atoms with Crippen molar-refractivity contribution in [2.45, 2.75) is 6.92 Å². The summed E-state index contributed by atoms with van der Waals surface area (Å²) in [5, 5.41) is 9.15. The summed E-state index contributed by atoms with van der Waals surface area (Å²) in [6.07, 6.45) is 0. The molecule has 0 atom stereocenters. The van der Waals surface area contributed by atoms with Crippen LogP contribution in [-0.2, 0) is 0 Å². The molecule has 0 fully saturated rings. The SMILES string of the molecule is COc1cc2c(cc1NC(=O)c1c(C)nn(-c3ccc(F)cc3)c1Cl)oc1ccccc12. The van der Waals surface area contributed by atoms with Crippen molar-refractivity contribution in [3.63, 3.8) is 0 Å².